The Morgan fingerprint density at radius 2 is 1.90 bits per heavy atom. The maximum Gasteiger partial charge on any atom is 0.361 e. The summed E-state index contributed by atoms with van der Waals surface area (Å²) < 4.78 is 1.16. The Labute approximate surface area is 171 Å². The van der Waals surface area contributed by atoms with Crippen LogP contribution in [0.4, 0.5) is 0 Å². The maximum atomic E-state index is 13.1. The lowest BCUT2D eigenvalue weighted by atomic mass is 9.49. The van der Waals surface area contributed by atoms with Crippen LogP contribution in [0.5, 0.6) is 0 Å². The van der Waals surface area contributed by atoms with E-state index in [2.05, 4.69) is 22.4 Å². The monoisotopic (exact) mass is 402 g/mol. The van der Waals surface area contributed by atoms with Crippen LogP contribution >= 0.6 is 0 Å². The van der Waals surface area contributed by atoms with Gasteiger partial charge in [0.15, 0.2) is 5.78 Å². The molecule has 1 aromatic heterocycles. The van der Waals surface area contributed by atoms with Crippen LogP contribution in [0.2, 0.25) is 0 Å². The van der Waals surface area contributed by atoms with E-state index in [4.69, 9.17) is 0 Å². The Hall–Kier alpha value is -1.50. The molecule has 5 rings (SSSR count). The second kappa shape index (κ2) is 6.76. The van der Waals surface area contributed by atoms with Gasteiger partial charge in [-0.05, 0) is 110 Å². The molecule has 1 heterocycles. The molecule has 0 bridgehead atoms. The summed E-state index contributed by atoms with van der Waals surface area (Å²) in [6, 6.07) is 0. The van der Waals surface area contributed by atoms with E-state index >= 15 is 0 Å². The number of fused-ring (bicyclic) bond motifs is 5. The van der Waals surface area contributed by atoms with E-state index < -0.39 is 11.3 Å². The fourth-order valence-electron chi connectivity index (χ4n) is 8.19. The SMILES string of the molecule is C[C@@]1(O)CC[C@@H]2C3CC[C@]4(C)[C@@H](C(=O)Cn5nn[nH]c5=O)CC[C@H]4[C@@H]3CC[C@@H]2C1. The normalized spacial score (nSPS) is 46.6. The number of hydrogen-bond acceptors (Lipinski definition) is 5. The number of Topliss-reactive ketones (excluding diaryl/α,β-unsaturated/α-hetero) is 1. The quantitative estimate of drug-likeness (QED) is 0.809. The third-order valence-corrected chi connectivity index (χ3v) is 9.46. The third-order valence-electron chi connectivity index (χ3n) is 9.46. The third kappa shape index (κ3) is 3.11. The number of tetrazole rings is 1. The summed E-state index contributed by atoms with van der Waals surface area (Å²) in [6.07, 6.45) is 9.98. The van der Waals surface area contributed by atoms with Crippen LogP contribution in [0.15, 0.2) is 4.79 Å². The zero-order chi connectivity index (χ0) is 20.4. The van der Waals surface area contributed by atoms with Crippen molar-refractivity contribution in [1.29, 1.82) is 0 Å². The van der Waals surface area contributed by atoms with Gasteiger partial charge in [0.1, 0.15) is 6.54 Å². The van der Waals surface area contributed by atoms with E-state index in [-0.39, 0.29) is 23.7 Å². The predicted molar refractivity (Wildman–Crippen MR) is 107 cm³/mol. The molecule has 2 N–H and O–H groups in total. The zero-order valence-corrected chi connectivity index (χ0v) is 17.6. The van der Waals surface area contributed by atoms with E-state index in [0.29, 0.717) is 11.8 Å². The summed E-state index contributed by atoms with van der Waals surface area (Å²) in [5.74, 6) is 3.74. The van der Waals surface area contributed by atoms with Crippen LogP contribution < -0.4 is 5.69 Å². The minimum Gasteiger partial charge on any atom is -0.390 e. The maximum absolute atomic E-state index is 13.1. The molecular formula is C22H34N4O3. The minimum atomic E-state index is -0.471. The van der Waals surface area contributed by atoms with E-state index in [9.17, 15) is 14.7 Å². The second-order valence-corrected chi connectivity index (χ2v) is 11.0. The zero-order valence-electron chi connectivity index (χ0n) is 17.6. The molecule has 0 radical (unpaired) electrons. The van der Waals surface area contributed by atoms with Gasteiger partial charge in [-0.2, -0.15) is 4.68 Å². The van der Waals surface area contributed by atoms with Gasteiger partial charge >= 0.3 is 5.69 Å². The molecule has 0 amide bonds. The number of nitrogens with zero attached hydrogens (tertiary/aromatic N) is 3. The number of ketones is 1. The summed E-state index contributed by atoms with van der Waals surface area (Å²) in [7, 11) is 0. The molecule has 7 nitrogen and oxygen atoms in total. The average molecular weight is 403 g/mol. The molecule has 0 aliphatic heterocycles. The van der Waals surface area contributed by atoms with E-state index in [0.717, 1.165) is 54.5 Å². The van der Waals surface area contributed by atoms with Crippen LogP contribution in [0, 0.1) is 40.9 Å². The molecule has 1 aromatic rings. The Morgan fingerprint density at radius 1 is 1.10 bits per heavy atom. The molecule has 7 heteroatoms. The highest BCUT2D eigenvalue weighted by atomic mass is 16.3. The molecule has 0 aromatic carbocycles. The van der Waals surface area contributed by atoms with Crippen molar-refractivity contribution >= 4 is 5.78 Å². The number of carbonyl (C=O) groups excluding carboxylic acids is 1. The number of carbonyl (C=O) groups is 1. The molecule has 8 atom stereocenters. The van der Waals surface area contributed by atoms with Gasteiger partial charge in [-0.25, -0.2) is 9.89 Å². The second-order valence-electron chi connectivity index (χ2n) is 11.0. The van der Waals surface area contributed by atoms with Gasteiger partial charge in [0, 0.05) is 5.92 Å². The van der Waals surface area contributed by atoms with Gasteiger partial charge < -0.3 is 5.11 Å². The Morgan fingerprint density at radius 3 is 2.66 bits per heavy atom. The summed E-state index contributed by atoms with van der Waals surface area (Å²) in [5, 5.41) is 20.1. The Balaban J connectivity index is 1.33. The van der Waals surface area contributed by atoms with Gasteiger partial charge in [0.2, 0.25) is 0 Å². The predicted octanol–water partition coefficient (Wildman–Crippen LogP) is 2.56. The molecule has 0 saturated heterocycles. The summed E-state index contributed by atoms with van der Waals surface area (Å²) in [5.41, 5.74) is -0.826. The largest absolute Gasteiger partial charge is 0.390 e. The van der Waals surface area contributed by atoms with Crippen molar-refractivity contribution in [3.05, 3.63) is 10.5 Å². The fraction of sp³-hybridized carbons (Fsp3) is 0.909. The number of aliphatic hydroxyl groups is 1. The topological polar surface area (TPSA) is 101 Å². The number of aromatic nitrogens is 4. The lowest BCUT2D eigenvalue weighted by molar-refractivity contribution is -0.133. The van der Waals surface area contributed by atoms with Crippen molar-refractivity contribution < 1.29 is 9.90 Å². The lowest BCUT2D eigenvalue weighted by Crippen LogP contribution is -2.51. The van der Waals surface area contributed by atoms with Gasteiger partial charge in [-0.15, -0.1) is 0 Å². The summed E-state index contributed by atoms with van der Waals surface area (Å²) in [4.78, 5) is 24.8. The van der Waals surface area contributed by atoms with Crippen LogP contribution in [0.25, 0.3) is 0 Å². The van der Waals surface area contributed by atoms with Crippen LogP contribution in [0.1, 0.15) is 71.6 Å². The lowest BCUT2D eigenvalue weighted by Gasteiger charge is -2.56. The first-order valence-corrected chi connectivity index (χ1v) is 11.5. The molecular weight excluding hydrogens is 368 g/mol. The van der Waals surface area contributed by atoms with E-state index in [1.54, 1.807) is 0 Å². The van der Waals surface area contributed by atoms with E-state index in [1.165, 1.54) is 25.7 Å². The summed E-state index contributed by atoms with van der Waals surface area (Å²) in [6.45, 7) is 4.39. The fourth-order valence-corrected chi connectivity index (χ4v) is 8.19. The van der Waals surface area contributed by atoms with Gasteiger partial charge in [0.05, 0.1) is 5.60 Å². The molecule has 29 heavy (non-hydrogen) atoms. The number of nitrogens with one attached hydrogen (secondary N) is 1. The number of hydrogen-bond donors (Lipinski definition) is 2. The van der Waals surface area contributed by atoms with Gasteiger partial charge in [0.25, 0.3) is 0 Å². The molecule has 1 unspecified atom stereocenters. The standard InChI is InChI=1S/C22H34N4O3/c1-21(29)9-7-14-13(11-21)3-4-16-15(14)8-10-22(2)17(16)5-6-18(22)19(27)12-26-20(28)23-24-25-26/h13-18,29H,3-12H2,1-2H3,(H,23,25,28)/t13-,14+,15?,16-,17+,18-,21-,22+/m1/s1. The Kier molecular flexibility index (Phi) is 4.53. The number of H-pyrrole nitrogens is 1. The average Bonchev–Trinajstić information content (AvgIpc) is 3.23. The van der Waals surface area contributed by atoms with Gasteiger partial charge in [-0.3, -0.25) is 4.79 Å². The van der Waals surface area contributed by atoms with Gasteiger partial charge in [-0.1, -0.05) is 6.92 Å². The highest BCUT2D eigenvalue weighted by Gasteiger charge is 2.58. The van der Waals surface area contributed by atoms with Crippen molar-refractivity contribution in [2.75, 3.05) is 0 Å². The van der Waals surface area contributed by atoms with Crippen molar-refractivity contribution in [1.82, 2.24) is 20.2 Å². The van der Waals surface area contributed by atoms with Crippen LogP contribution in [-0.2, 0) is 11.3 Å². The molecule has 0 spiro atoms. The first-order valence-electron chi connectivity index (χ1n) is 11.5. The molecule has 4 aliphatic rings. The van der Waals surface area contributed by atoms with Crippen molar-refractivity contribution in [3.8, 4) is 0 Å². The van der Waals surface area contributed by atoms with Crippen LogP contribution in [0.3, 0.4) is 0 Å². The minimum absolute atomic E-state index is 0.0295. The van der Waals surface area contributed by atoms with Crippen LogP contribution in [-0.4, -0.2) is 36.7 Å². The smallest absolute Gasteiger partial charge is 0.361 e. The molecule has 4 fully saturated rings. The first-order chi connectivity index (χ1) is 13.8. The first kappa shape index (κ1) is 19.5. The van der Waals surface area contributed by atoms with Crippen molar-refractivity contribution in [3.63, 3.8) is 0 Å². The summed E-state index contributed by atoms with van der Waals surface area (Å²) >= 11 is 0. The van der Waals surface area contributed by atoms with Crippen molar-refractivity contribution in [2.24, 2.45) is 40.9 Å². The van der Waals surface area contributed by atoms with Crippen molar-refractivity contribution in [2.45, 2.75) is 83.8 Å². The number of aromatic amines is 1. The molecule has 4 aliphatic carbocycles. The Bertz CT molecular complexity index is 845. The number of rotatable bonds is 3. The molecule has 4 saturated carbocycles. The highest BCUT2D eigenvalue weighted by molar-refractivity contribution is 5.82. The highest BCUT2D eigenvalue weighted by Crippen LogP contribution is 2.64. The van der Waals surface area contributed by atoms with E-state index in [1.807, 2.05) is 6.92 Å². The molecule has 160 valence electrons.